The number of furan rings is 1. The van der Waals surface area contributed by atoms with E-state index in [0.717, 1.165) is 0 Å². The zero-order valence-electron chi connectivity index (χ0n) is 18.0. The number of amides is 2. The second-order valence-corrected chi connectivity index (χ2v) is 10.3. The van der Waals surface area contributed by atoms with E-state index in [1.807, 2.05) is 0 Å². The minimum Gasteiger partial charge on any atom is -0.469 e. The molecule has 0 spiro atoms. The van der Waals surface area contributed by atoms with Gasteiger partial charge in [0.25, 0.3) is 5.91 Å². The molecule has 2 aromatic heterocycles. The van der Waals surface area contributed by atoms with Crippen LogP contribution >= 0.6 is 11.3 Å². The van der Waals surface area contributed by atoms with Crippen LogP contribution in [0.2, 0.25) is 0 Å². The summed E-state index contributed by atoms with van der Waals surface area (Å²) in [5, 5.41) is 4.88. The summed E-state index contributed by atoms with van der Waals surface area (Å²) in [4.78, 5) is 31.3. The van der Waals surface area contributed by atoms with E-state index < -0.39 is 10.0 Å². The van der Waals surface area contributed by atoms with Crippen molar-refractivity contribution >= 4 is 38.3 Å². The Labute approximate surface area is 195 Å². The molecule has 3 heterocycles. The van der Waals surface area contributed by atoms with Gasteiger partial charge in [-0.15, -0.1) is 11.3 Å². The van der Waals surface area contributed by atoms with Crippen LogP contribution in [0, 0.1) is 6.92 Å². The first kappa shape index (κ1) is 23.1. The minimum atomic E-state index is -3.57. The van der Waals surface area contributed by atoms with Crippen molar-refractivity contribution in [2.45, 2.75) is 37.1 Å². The Morgan fingerprint density at radius 1 is 1.18 bits per heavy atom. The summed E-state index contributed by atoms with van der Waals surface area (Å²) in [6, 6.07) is 9.62. The van der Waals surface area contributed by atoms with Crippen molar-refractivity contribution in [3.05, 3.63) is 65.1 Å². The summed E-state index contributed by atoms with van der Waals surface area (Å²) < 4.78 is 32.9. The Morgan fingerprint density at radius 3 is 2.58 bits per heavy atom. The number of nitrogens with one attached hydrogen (secondary N) is 2. The van der Waals surface area contributed by atoms with Crippen LogP contribution in [0.5, 0.6) is 0 Å². The van der Waals surface area contributed by atoms with E-state index in [0.29, 0.717) is 48.1 Å². The molecule has 2 N–H and O–H groups in total. The number of carbonyl (C=O) groups is 2. The first-order valence-electron chi connectivity index (χ1n) is 10.5. The predicted molar refractivity (Wildman–Crippen MR) is 124 cm³/mol. The molecule has 33 heavy (non-hydrogen) atoms. The summed E-state index contributed by atoms with van der Waals surface area (Å²) in [7, 11) is -3.57. The van der Waals surface area contributed by atoms with Crippen LogP contribution in [-0.4, -0.2) is 49.2 Å². The second kappa shape index (κ2) is 9.86. The van der Waals surface area contributed by atoms with Gasteiger partial charge in [0.2, 0.25) is 15.9 Å². The lowest BCUT2D eigenvalue weighted by atomic mass is 10.1. The highest BCUT2D eigenvalue weighted by Gasteiger charge is 2.27. The summed E-state index contributed by atoms with van der Waals surface area (Å²) in [6.45, 7) is 2.64. The van der Waals surface area contributed by atoms with E-state index in [-0.39, 0.29) is 29.2 Å². The molecule has 1 aromatic carbocycles. The summed E-state index contributed by atoms with van der Waals surface area (Å²) >= 11 is 1.25. The number of aryl methyl sites for hydroxylation is 1. The van der Waals surface area contributed by atoms with Crippen molar-refractivity contribution in [3.63, 3.8) is 0 Å². The van der Waals surface area contributed by atoms with E-state index >= 15 is 0 Å². The molecule has 1 aliphatic rings. The number of sulfonamides is 1. The molecule has 0 saturated carbocycles. The van der Waals surface area contributed by atoms with Gasteiger partial charge in [-0.05, 0) is 38.0 Å². The second-order valence-electron chi connectivity index (χ2n) is 7.75. The molecule has 0 unspecified atom stereocenters. The molecular weight excluding hydrogens is 464 g/mol. The lowest BCUT2D eigenvalue weighted by Gasteiger charge is -2.32. The first-order chi connectivity index (χ1) is 15.8. The van der Waals surface area contributed by atoms with Crippen LogP contribution < -0.4 is 10.0 Å². The third-order valence-electron chi connectivity index (χ3n) is 5.43. The fourth-order valence-electron chi connectivity index (χ4n) is 3.63. The third kappa shape index (κ3) is 5.67. The van der Waals surface area contributed by atoms with Crippen LogP contribution in [0.4, 0.5) is 5.13 Å². The molecule has 174 valence electrons. The standard InChI is InChI=1S/C22H24N4O5S2/c1-15-19(9-12-31-15)21(28)24-22-23-17(14-32-22)13-20(27)26-10-7-16(8-11-26)25-33(29,30)18-5-3-2-4-6-18/h2-6,9,12,14,16,25H,7-8,10-11,13H2,1H3,(H,23,24,28). The van der Waals surface area contributed by atoms with Gasteiger partial charge in [-0.1, -0.05) is 18.2 Å². The number of thiazole rings is 1. The smallest absolute Gasteiger partial charge is 0.260 e. The topological polar surface area (TPSA) is 122 Å². The summed E-state index contributed by atoms with van der Waals surface area (Å²) in [5.74, 6) is 0.135. The van der Waals surface area contributed by atoms with Crippen LogP contribution in [-0.2, 0) is 21.2 Å². The molecule has 3 aromatic rings. The monoisotopic (exact) mass is 488 g/mol. The molecule has 4 rings (SSSR count). The van der Waals surface area contributed by atoms with Gasteiger partial charge < -0.3 is 9.32 Å². The molecule has 0 atom stereocenters. The highest BCUT2D eigenvalue weighted by Crippen LogP contribution is 2.20. The van der Waals surface area contributed by atoms with E-state index in [2.05, 4.69) is 15.0 Å². The fraction of sp³-hybridized carbons (Fsp3) is 0.318. The Balaban J connectivity index is 1.27. The van der Waals surface area contributed by atoms with Crippen LogP contribution in [0.15, 0.2) is 57.4 Å². The number of hydrogen-bond donors (Lipinski definition) is 2. The maximum atomic E-state index is 12.7. The van der Waals surface area contributed by atoms with Crippen molar-refractivity contribution in [2.75, 3.05) is 18.4 Å². The first-order valence-corrected chi connectivity index (χ1v) is 12.8. The number of anilines is 1. The molecule has 0 bridgehead atoms. The summed E-state index contributed by atoms with van der Waals surface area (Å²) in [5.41, 5.74) is 1.02. The molecular formula is C22H24N4O5S2. The van der Waals surface area contributed by atoms with Crippen molar-refractivity contribution in [1.29, 1.82) is 0 Å². The lowest BCUT2D eigenvalue weighted by Crippen LogP contribution is -2.46. The highest BCUT2D eigenvalue weighted by atomic mass is 32.2. The van der Waals surface area contributed by atoms with E-state index in [4.69, 9.17) is 4.42 Å². The van der Waals surface area contributed by atoms with Gasteiger partial charge in [0.05, 0.1) is 28.8 Å². The van der Waals surface area contributed by atoms with Crippen molar-refractivity contribution < 1.29 is 22.4 Å². The predicted octanol–water partition coefficient (Wildman–Crippen LogP) is 2.81. The number of rotatable bonds is 7. The van der Waals surface area contributed by atoms with Crippen LogP contribution in [0.1, 0.15) is 34.7 Å². The number of carbonyl (C=O) groups excluding carboxylic acids is 2. The highest BCUT2D eigenvalue weighted by molar-refractivity contribution is 7.89. The lowest BCUT2D eigenvalue weighted by molar-refractivity contribution is -0.131. The number of benzene rings is 1. The molecule has 9 nitrogen and oxygen atoms in total. The van der Waals surface area contributed by atoms with Gasteiger partial charge in [0, 0.05) is 24.5 Å². The zero-order valence-corrected chi connectivity index (χ0v) is 19.6. The van der Waals surface area contributed by atoms with Crippen molar-refractivity contribution in [1.82, 2.24) is 14.6 Å². The van der Waals surface area contributed by atoms with Gasteiger partial charge in [0.1, 0.15) is 5.76 Å². The normalized spacial score (nSPS) is 14.9. The molecule has 11 heteroatoms. The third-order valence-corrected chi connectivity index (χ3v) is 7.77. The van der Waals surface area contributed by atoms with Crippen LogP contribution in [0.25, 0.3) is 0 Å². The van der Waals surface area contributed by atoms with Gasteiger partial charge in [-0.25, -0.2) is 18.1 Å². The van der Waals surface area contributed by atoms with E-state index in [9.17, 15) is 18.0 Å². The summed E-state index contributed by atoms with van der Waals surface area (Å²) in [6.07, 6.45) is 2.66. The number of aromatic nitrogens is 1. The Hall–Kier alpha value is -3.02. The molecule has 2 amide bonds. The molecule has 0 aliphatic carbocycles. The van der Waals surface area contributed by atoms with Gasteiger partial charge in [-0.3, -0.25) is 14.9 Å². The van der Waals surface area contributed by atoms with E-state index in [1.165, 1.54) is 17.6 Å². The van der Waals surface area contributed by atoms with E-state index in [1.54, 1.807) is 53.6 Å². The molecule has 1 saturated heterocycles. The van der Waals surface area contributed by atoms with Crippen molar-refractivity contribution in [2.24, 2.45) is 0 Å². The maximum absolute atomic E-state index is 12.7. The molecule has 0 radical (unpaired) electrons. The van der Waals surface area contributed by atoms with Crippen LogP contribution in [0.3, 0.4) is 0 Å². The zero-order chi connectivity index (χ0) is 23.4. The number of nitrogens with zero attached hydrogens (tertiary/aromatic N) is 2. The fourth-order valence-corrected chi connectivity index (χ4v) is 5.66. The average molecular weight is 489 g/mol. The van der Waals surface area contributed by atoms with Gasteiger partial charge in [0.15, 0.2) is 5.13 Å². The largest absolute Gasteiger partial charge is 0.469 e. The molecule has 1 aliphatic heterocycles. The quantitative estimate of drug-likeness (QED) is 0.527. The number of piperidine rings is 1. The number of hydrogen-bond acceptors (Lipinski definition) is 7. The number of likely N-dealkylation sites (tertiary alicyclic amines) is 1. The Morgan fingerprint density at radius 2 is 1.91 bits per heavy atom. The Bertz CT molecular complexity index is 1230. The van der Waals surface area contributed by atoms with Crippen molar-refractivity contribution in [3.8, 4) is 0 Å². The molecule has 1 fully saturated rings. The SMILES string of the molecule is Cc1occc1C(=O)Nc1nc(CC(=O)N2CCC(NS(=O)(=O)c3ccccc3)CC2)cs1. The Kier molecular flexibility index (Phi) is 6.91. The average Bonchev–Trinajstić information content (AvgIpc) is 3.43. The maximum Gasteiger partial charge on any atom is 0.260 e. The minimum absolute atomic E-state index is 0.0757. The van der Waals surface area contributed by atoms with Gasteiger partial charge >= 0.3 is 0 Å². The van der Waals surface area contributed by atoms with Gasteiger partial charge in [-0.2, -0.15) is 0 Å².